The summed E-state index contributed by atoms with van der Waals surface area (Å²) in [5.41, 5.74) is 1.63. The van der Waals surface area contributed by atoms with Gasteiger partial charge in [0.1, 0.15) is 17.9 Å². The molecule has 0 aromatic heterocycles. The average molecular weight is 527 g/mol. The van der Waals surface area contributed by atoms with Crippen LogP contribution >= 0.6 is 35.4 Å². The minimum atomic E-state index is -1.01. The third-order valence-electron chi connectivity index (χ3n) is 5.08. The number of benzene rings is 3. The number of rotatable bonds is 6. The Morgan fingerprint density at radius 1 is 1.03 bits per heavy atom. The number of carbonyl (C=O) groups excluding carboxylic acids is 2. The Morgan fingerprint density at radius 2 is 1.74 bits per heavy atom. The highest BCUT2D eigenvalue weighted by Gasteiger charge is 2.34. The highest BCUT2D eigenvalue weighted by molar-refractivity contribution is 7.80. The third kappa shape index (κ3) is 5.35. The number of hydrogen-bond donors (Lipinski definition) is 2. The summed E-state index contributed by atoms with van der Waals surface area (Å²) in [5, 5.41) is 12.0. The molecule has 0 radical (unpaired) electrons. The molecule has 0 atom stereocenters. The first-order valence-electron chi connectivity index (χ1n) is 10.1. The predicted octanol–water partition coefficient (Wildman–Crippen LogP) is 5.10. The Morgan fingerprint density at radius 3 is 2.43 bits per heavy atom. The summed E-state index contributed by atoms with van der Waals surface area (Å²) < 4.78 is 5.89. The van der Waals surface area contributed by atoms with Crippen molar-refractivity contribution in [3.63, 3.8) is 0 Å². The SMILES string of the molecule is O=C1NC(=S)N(c2ccc(Cl)c(Cl)c2)C(=O)/C1=C/c1ccccc1OCc1ccc(C(=O)O)cc1. The number of carboxylic acids is 1. The van der Waals surface area contributed by atoms with Gasteiger partial charge in [-0.05, 0) is 60.3 Å². The molecule has 7 nitrogen and oxygen atoms in total. The molecule has 1 aliphatic heterocycles. The molecule has 2 amide bonds. The van der Waals surface area contributed by atoms with E-state index in [1.54, 1.807) is 42.5 Å². The van der Waals surface area contributed by atoms with Crippen LogP contribution in [0.1, 0.15) is 21.5 Å². The number of carbonyl (C=O) groups is 3. The zero-order valence-corrected chi connectivity index (χ0v) is 20.2. The summed E-state index contributed by atoms with van der Waals surface area (Å²) in [6, 6.07) is 17.8. The lowest BCUT2D eigenvalue weighted by atomic mass is 10.1. The third-order valence-corrected chi connectivity index (χ3v) is 6.10. The molecule has 35 heavy (non-hydrogen) atoms. The first-order valence-corrected chi connectivity index (χ1v) is 11.3. The maximum absolute atomic E-state index is 13.3. The minimum absolute atomic E-state index is 0.0788. The zero-order chi connectivity index (χ0) is 25.1. The van der Waals surface area contributed by atoms with Crippen LogP contribution in [-0.4, -0.2) is 28.0 Å². The van der Waals surface area contributed by atoms with E-state index >= 15 is 0 Å². The van der Waals surface area contributed by atoms with E-state index in [-0.39, 0.29) is 27.9 Å². The van der Waals surface area contributed by atoms with Crippen molar-refractivity contribution >= 4 is 70.1 Å². The van der Waals surface area contributed by atoms with Crippen LogP contribution < -0.4 is 15.0 Å². The molecule has 1 heterocycles. The van der Waals surface area contributed by atoms with Gasteiger partial charge in [-0.2, -0.15) is 0 Å². The molecular formula is C25H16Cl2N2O5S. The maximum Gasteiger partial charge on any atom is 0.335 e. The van der Waals surface area contributed by atoms with Crippen molar-refractivity contribution in [1.29, 1.82) is 0 Å². The van der Waals surface area contributed by atoms with Crippen LogP contribution in [0, 0.1) is 0 Å². The van der Waals surface area contributed by atoms with Crippen molar-refractivity contribution < 1.29 is 24.2 Å². The predicted molar refractivity (Wildman–Crippen MR) is 137 cm³/mol. The quantitative estimate of drug-likeness (QED) is 0.263. The van der Waals surface area contributed by atoms with Gasteiger partial charge >= 0.3 is 5.97 Å². The number of carboxylic acid groups (broad SMARTS) is 1. The van der Waals surface area contributed by atoms with Gasteiger partial charge in [0, 0.05) is 5.56 Å². The summed E-state index contributed by atoms with van der Waals surface area (Å²) in [7, 11) is 0. The number of ether oxygens (including phenoxy) is 1. The number of hydrogen-bond acceptors (Lipinski definition) is 5. The van der Waals surface area contributed by atoms with Gasteiger partial charge < -0.3 is 9.84 Å². The minimum Gasteiger partial charge on any atom is -0.488 e. The molecule has 4 rings (SSSR count). The Bertz CT molecular complexity index is 1390. The molecule has 0 bridgehead atoms. The molecule has 0 spiro atoms. The molecule has 0 saturated carbocycles. The molecule has 0 aliphatic carbocycles. The first kappa shape index (κ1) is 24.4. The number of anilines is 1. The number of thiocarbonyl (C=S) groups is 1. The Balaban J connectivity index is 1.61. The smallest absolute Gasteiger partial charge is 0.335 e. The van der Waals surface area contributed by atoms with Crippen LogP contribution in [0.25, 0.3) is 6.08 Å². The Labute approximate surface area is 215 Å². The standard InChI is InChI=1S/C25H16Cl2N2O5S/c26-19-10-9-17(12-20(19)27)29-23(31)18(22(30)28-25(29)35)11-16-3-1-2-4-21(16)34-13-14-5-7-15(8-6-14)24(32)33/h1-12H,13H2,(H,32,33)(H,28,30,35)/b18-11+. The molecule has 1 aliphatic rings. The van der Waals surface area contributed by atoms with E-state index in [0.717, 1.165) is 10.5 Å². The fourth-order valence-corrected chi connectivity index (χ4v) is 3.88. The number of nitrogens with one attached hydrogen (secondary N) is 1. The van der Waals surface area contributed by atoms with Crippen molar-refractivity contribution in [2.75, 3.05) is 4.90 Å². The largest absolute Gasteiger partial charge is 0.488 e. The van der Waals surface area contributed by atoms with Crippen molar-refractivity contribution in [2.24, 2.45) is 0 Å². The highest BCUT2D eigenvalue weighted by Crippen LogP contribution is 2.30. The summed E-state index contributed by atoms with van der Waals surface area (Å²) in [4.78, 5) is 38.1. The van der Waals surface area contributed by atoms with Crippen LogP contribution in [0.4, 0.5) is 5.69 Å². The number of aromatic carboxylic acids is 1. The topological polar surface area (TPSA) is 95.9 Å². The van der Waals surface area contributed by atoms with Crippen LogP contribution in [0.2, 0.25) is 10.0 Å². The normalized spacial score (nSPS) is 14.7. The molecule has 3 aromatic rings. The first-order chi connectivity index (χ1) is 16.7. The summed E-state index contributed by atoms with van der Waals surface area (Å²) >= 11 is 17.3. The van der Waals surface area contributed by atoms with Gasteiger partial charge in [-0.3, -0.25) is 19.8 Å². The van der Waals surface area contributed by atoms with Crippen LogP contribution in [0.5, 0.6) is 5.75 Å². The molecule has 1 fully saturated rings. The maximum atomic E-state index is 13.3. The summed E-state index contributed by atoms with van der Waals surface area (Å²) in [6.45, 7) is 0.152. The fourth-order valence-electron chi connectivity index (χ4n) is 3.31. The van der Waals surface area contributed by atoms with Gasteiger partial charge in [0.15, 0.2) is 5.11 Å². The Kier molecular flexibility index (Phi) is 7.16. The molecule has 1 saturated heterocycles. The zero-order valence-electron chi connectivity index (χ0n) is 17.8. The van der Waals surface area contributed by atoms with E-state index in [1.807, 2.05) is 0 Å². The van der Waals surface area contributed by atoms with Gasteiger partial charge in [-0.15, -0.1) is 0 Å². The van der Waals surface area contributed by atoms with Gasteiger partial charge in [-0.1, -0.05) is 53.5 Å². The lowest BCUT2D eigenvalue weighted by Crippen LogP contribution is -2.54. The number of amides is 2. The van der Waals surface area contributed by atoms with Crippen LogP contribution in [0.3, 0.4) is 0 Å². The fraction of sp³-hybridized carbons (Fsp3) is 0.0400. The number of halogens is 2. The second-order valence-corrected chi connectivity index (χ2v) is 8.59. The number of nitrogens with zero attached hydrogens (tertiary/aromatic N) is 1. The lowest BCUT2D eigenvalue weighted by molar-refractivity contribution is -0.122. The van der Waals surface area contributed by atoms with Gasteiger partial charge in [0.05, 0.1) is 21.3 Å². The molecule has 0 unspecified atom stereocenters. The van der Waals surface area contributed by atoms with Crippen molar-refractivity contribution in [1.82, 2.24) is 5.32 Å². The van der Waals surface area contributed by atoms with Crippen LogP contribution in [0.15, 0.2) is 72.3 Å². The van der Waals surface area contributed by atoms with Crippen molar-refractivity contribution in [2.45, 2.75) is 6.61 Å². The summed E-state index contributed by atoms with van der Waals surface area (Å²) in [5.74, 6) is -1.86. The monoisotopic (exact) mass is 526 g/mol. The molecule has 2 N–H and O–H groups in total. The average Bonchev–Trinajstić information content (AvgIpc) is 2.83. The second-order valence-electron chi connectivity index (χ2n) is 7.38. The lowest BCUT2D eigenvalue weighted by Gasteiger charge is -2.29. The summed E-state index contributed by atoms with van der Waals surface area (Å²) in [6.07, 6.45) is 1.42. The second kappa shape index (κ2) is 10.3. The van der Waals surface area contributed by atoms with Gasteiger partial charge in [-0.25, -0.2) is 4.79 Å². The van der Waals surface area contributed by atoms with E-state index in [1.165, 1.54) is 30.3 Å². The molecule has 10 heteroatoms. The van der Waals surface area contributed by atoms with Crippen molar-refractivity contribution in [3.05, 3.63) is 99.0 Å². The van der Waals surface area contributed by atoms with E-state index in [9.17, 15) is 14.4 Å². The van der Waals surface area contributed by atoms with E-state index in [0.29, 0.717) is 22.0 Å². The van der Waals surface area contributed by atoms with Crippen LogP contribution in [-0.2, 0) is 16.2 Å². The highest BCUT2D eigenvalue weighted by atomic mass is 35.5. The molecule has 176 valence electrons. The number of para-hydroxylation sites is 1. The van der Waals surface area contributed by atoms with E-state index in [2.05, 4.69) is 5.32 Å². The van der Waals surface area contributed by atoms with Gasteiger partial charge in [0.25, 0.3) is 11.8 Å². The molecule has 3 aromatic carbocycles. The van der Waals surface area contributed by atoms with E-state index in [4.69, 9.17) is 45.3 Å². The van der Waals surface area contributed by atoms with Gasteiger partial charge in [0.2, 0.25) is 0 Å². The Hall–Kier alpha value is -3.72. The molecular weight excluding hydrogens is 511 g/mol. The van der Waals surface area contributed by atoms with Crippen molar-refractivity contribution in [3.8, 4) is 5.75 Å². The van der Waals surface area contributed by atoms with E-state index < -0.39 is 17.8 Å².